The highest BCUT2D eigenvalue weighted by Crippen LogP contribution is 2.45. The fraction of sp³-hybridized carbons (Fsp3) is 0.400. The lowest BCUT2D eigenvalue weighted by atomic mass is 10.1. The van der Waals surface area contributed by atoms with E-state index in [1.807, 2.05) is 0 Å². The molecule has 1 aromatic heterocycles. The van der Waals surface area contributed by atoms with Gasteiger partial charge in [0.2, 0.25) is 11.7 Å². The number of aryl methyl sites for hydroxylation is 1. The van der Waals surface area contributed by atoms with Gasteiger partial charge in [-0.15, -0.1) is 0 Å². The molecule has 0 atom stereocenters. The average Bonchev–Trinajstić information content (AvgIpc) is 3.41. The van der Waals surface area contributed by atoms with Crippen LogP contribution < -0.4 is 19.5 Å². The van der Waals surface area contributed by atoms with Crippen LogP contribution in [0.4, 0.5) is 5.69 Å². The van der Waals surface area contributed by atoms with Crippen LogP contribution in [0.3, 0.4) is 0 Å². The van der Waals surface area contributed by atoms with Crippen molar-refractivity contribution in [1.29, 1.82) is 0 Å². The van der Waals surface area contributed by atoms with Crippen molar-refractivity contribution in [2.45, 2.75) is 20.3 Å². The van der Waals surface area contributed by atoms with Gasteiger partial charge >= 0.3 is 0 Å². The molecule has 1 N–H and O–H groups in total. The van der Waals surface area contributed by atoms with Crippen LogP contribution in [0.2, 0.25) is 0 Å². The van der Waals surface area contributed by atoms with Gasteiger partial charge in [0.1, 0.15) is 11.4 Å². The molecule has 0 aliphatic carbocycles. The number of benzene rings is 1. The molecule has 2 aromatic rings. The van der Waals surface area contributed by atoms with Crippen molar-refractivity contribution >= 4 is 23.4 Å². The summed E-state index contributed by atoms with van der Waals surface area (Å²) in [5, 5.41) is 8.98. The molecule has 2 heterocycles. The van der Waals surface area contributed by atoms with Gasteiger partial charge < -0.3 is 24.1 Å². The Morgan fingerprint density at radius 3 is 2.16 bits per heavy atom. The van der Waals surface area contributed by atoms with Crippen molar-refractivity contribution in [2.24, 2.45) is 0 Å². The largest absolute Gasteiger partial charge is 0.493 e. The van der Waals surface area contributed by atoms with Gasteiger partial charge in [0.25, 0.3) is 11.8 Å². The van der Waals surface area contributed by atoms with Gasteiger partial charge in [0, 0.05) is 26.1 Å². The van der Waals surface area contributed by atoms with Crippen molar-refractivity contribution in [3.8, 4) is 17.2 Å². The highest BCUT2D eigenvalue weighted by atomic mass is 16.5. The van der Waals surface area contributed by atoms with E-state index in [0.717, 1.165) is 0 Å². The SMILES string of the molecule is COc1cc(C(=O)N2CCCN2C(=O)c2cc(C)on2)c(NC(C)=O)c(OC)c1OC. The monoisotopic (exact) mass is 432 g/mol. The average molecular weight is 432 g/mol. The van der Waals surface area contributed by atoms with Crippen molar-refractivity contribution < 1.29 is 33.1 Å². The molecule has 11 heteroatoms. The molecule has 0 radical (unpaired) electrons. The predicted molar refractivity (Wildman–Crippen MR) is 108 cm³/mol. The smallest absolute Gasteiger partial charge is 0.294 e. The summed E-state index contributed by atoms with van der Waals surface area (Å²) in [6.07, 6.45) is 0.578. The summed E-state index contributed by atoms with van der Waals surface area (Å²) in [5.41, 5.74) is 0.305. The molecule has 11 nitrogen and oxygen atoms in total. The van der Waals surface area contributed by atoms with Crippen molar-refractivity contribution in [1.82, 2.24) is 15.2 Å². The molecule has 1 saturated heterocycles. The van der Waals surface area contributed by atoms with Gasteiger partial charge in [-0.3, -0.25) is 14.4 Å². The van der Waals surface area contributed by atoms with Crippen LogP contribution in [-0.4, -0.2) is 67.3 Å². The minimum absolute atomic E-state index is 0.0840. The maximum Gasteiger partial charge on any atom is 0.294 e. The minimum Gasteiger partial charge on any atom is -0.493 e. The normalized spacial score (nSPS) is 13.2. The number of nitrogens with one attached hydrogen (secondary N) is 1. The van der Waals surface area contributed by atoms with E-state index < -0.39 is 17.7 Å². The molecular weight excluding hydrogens is 408 g/mol. The third-order valence-electron chi connectivity index (χ3n) is 4.71. The Kier molecular flexibility index (Phi) is 6.33. The number of amides is 3. The zero-order chi connectivity index (χ0) is 22.7. The second kappa shape index (κ2) is 8.94. The number of hydrogen-bond donors (Lipinski definition) is 1. The van der Waals surface area contributed by atoms with Gasteiger partial charge in [-0.25, -0.2) is 10.0 Å². The zero-order valence-corrected chi connectivity index (χ0v) is 18.0. The summed E-state index contributed by atoms with van der Waals surface area (Å²) in [7, 11) is 4.22. The van der Waals surface area contributed by atoms with E-state index in [2.05, 4.69) is 10.5 Å². The Labute approximate surface area is 178 Å². The predicted octanol–water partition coefficient (Wildman–Crippen LogP) is 1.87. The van der Waals surface area contributed by atoms with E-state index in [0.29, 0.717) is 25.3 Å². The van der Waals surface area contributed by atoms with Crippen LogP contribution in [0.5, 0.6) is 17.2 Å². The van der Waals surface area contributed by atoms with Crippen molar-refractivity contribution in [3.63, 3.8) is 0 Å². The summed E-state index contributed by atoms with van der Waals surface area (Å²) in [4.78, 5) is 38.3. The number of hydrogen-bond acceptors (Lipinski definition) is 8. The third-order valence-corrected chi connectivity index (χ3v) is 4.71. The summed E-state index contributed by atoms with van der Waals surface area (Å²) in [6, 6.07) is 2.95. The van der Waals surface area contributed by atoms with Crippen LogP contribution in [0, 0.1) is 6.92 Å². The molecule has 0 saturated carbocycles. The van der Waals surface area contributed by atoms with E-state index >= 15 is 0 Å². The summed E-state index contributed by atoms with van der Waals surface area (Å²) in [6.45, 7) is 3.61. The van der Waals surface area contributed by atoms with E-state index in [4.69, 9.17) is 18.7 Å². The summed E-state index contributed by atoms with van der Waals surface area (Å²) < 4.78 is 21.1. The number of methoxy groups -OCH3 is 3. The number of rotatable bonds is 6. The second-order valence-corrected chi connectivity index (χ2v) is 6.78. The van der Waals surface area contributed by atoms with Crippen molar-refractivity contribution in [2.75, 3.05) is 39.7 Å². The maximum atomic E-state index is 13.5. The Hall–Kier alpha value is -3.76. The number of hydrazine groups is 1. The quantitative estimate of drug-likeness (QED) is 0.734. The first-order chi connectivity index (χ1) is 14.8. The van der Waals surface area contributed by atoms with E-state index in [1.54, 1.807) is 6.92 Å². The first-order valence-electron chi connectivity index (χ1n) is 9.49. The highest BCUT2D eigenvalue weighted by molar-refractivity contribution is 6.07. The standard InChI is InChI=1S/C20H24N4O7/c1-11-9-14(22-31-11)20(27)24-8-6-7-23(24)19(26)13-10-15(28-3)17(29-4)18(30-5)16(13)21-12(2)25/h9-10H,6-8H2,1-5H3,(H,21,25). The number of aromatic nitrogens is 1. The molecule has 3 rings (SSSR count). The first kappa shape index (κ1) is 21.9. The number of ether oxygens (including phenoxy) is 3. The first-order valence-corrected chi connectivity index (χ1v) is 9.49. The zero-order valence-electron chi connectivity index (χ0n) is 18.0. The molecule has 1 aliphatic heterocycles. The van der Waals surface area contributed by atoms with Gasteiger partial charge in [-0.2, -0.15) is 0 Å². The Balaban J connectivity index is 2.06. The van der Waals surface area contributed by atoms with Crippen LogP contribution >= 0.6 is 0 Å². The van der Waals surface area contributed by atoms with E-state index in [9.17, 15) is 14.4 Å². The van der Waals surface area contributed by atoms with Gasteiger partial charge in [0.05, 0.1) is 26.9 Å². The molecule has 31 heavy (non-hydrogen) atoms. The van der Waals surface area contributed by atoms with Crippen LogP contribution in [-0.2, 0) is 4.79 Å². The Morgan fingerprint density at radius 2 is 1.65 bits per heavy atom. The van der Waals surface area contributed by atoms with Crippen LogP contribution in [0.25, 0.3) is 0 Å². The fourth-order valence-electron chi connectivity index (χ4n) is 3.40. The molecule has 1 fully saturated rings. The van der Waals surface area contributed by atoms with E-state index in [1.165, 1.54) is 50.4 Å². The summed E-state index contributed by atoms with van der Waals surface area (Å²) >= 11 is 0. The molecule has 1 aliphatic rings. The third kappa shape index (κ3) is 4.11. The van der Waals surface area contributed by atoms with Crippen LogP contribution in [0.15, 0.2) is 16.7 Å². The number of nitrogens with zero attached hydrogens (tertiary/aromatic N) is 3. The van der Waals surface area contributed by atoms with E-state index in [-0.39, 0.29) is 34.2 Å². The minimum atomic E-state index is -0.519. The highest BCUT2D eigenvalue weighted by Gasteiger charge is 2.36. The lowest BCUT2D eigenvalue weighted by Gasteiger charge is -2.28. The Morgan fingerprint density at radius 1 is 1.00 bits per heavy atom. The molecule has 0 bridgehead atoms. The number of carbonyl (C=O) groups excluding carboxylic acids is 3. The number of anilines is 1. The van der Waals surface area contributed by atoms with Crippen LogP contribution in [0.1, 0.15) is 40.0 Å². The molecular formula is C20H24N4O7. The summed E-state index contributed by atoms with van der Waals surface area (Å²) in [5.74, 6) is -0.321. The van der Waals surface area contributed by atoms with Gasteiger partial charge in [-0.05, 0) is 19.4 Å². The molecule has 0 unspecified atom stereocenters. The Bertz CT molecular complexity index is 1020. The molecule has 1 aromatic carbocycles. The maximum absolute atomic E-state index is 13.5. The number of carbonyl (C=O) groups is 3. The second-order valence-electron chi connectivity index (χ2n) is 6.78. The topological polar surface area (TPSA) is 123 Å². The fourth-order valence-corrected chi connectivity index (χ4v) is 3.40. The molecule has 0 spiro atoms. The molecule has 166 valence electrons. The lowest BCUT2D eigenvalue weighted by molar-refractivity contribution is -0.114. The van der Waals surface area contributed by atoms with Gasteiger partial charge in [-0.1, -0.05) is 5.16 Å². The van der Waals surface area contributed by atoms with Gasteiger partial charge in [0.15, 0.2) is 17.2 Å². The lowest BCUT2D eigenvalue weighted by Crippen LogP contribution is -2.45. The molecule has 3 amide bonds. The van der Waals surface area contributed by atoms with Crippen molar-refractivity contribution in [3.05, 3.63) is 29.2 Å².